The van der Waals surface area contributed by atoms with Gasteiger partial charge in [-0.2, -0.15) is 9.97 Å². The molecule has 310 valence electrons. The molecule has 0 amide bonds. The van der Waals surface area contributed by atoms with E-state index >= 15 is 0 Å². The number of hydrogen-bond acceptors (Lipinski definition) is 3. The first-order valence-corrected chi connectivity index (χ1v) is 22.6. The van der Waals surface area contributed by atoms with E-state index in [1.54, 1.807) is 0 Å². The van der Waals surface area contributed by atoms with Crippen molar-refractivity contribution in [1.82, 2.24) is 19.5 Å². The average Bonchev–Trinajstić information content (AvgIpc) is 3.84. The second-order valence-electron chi connectivity index (χ2n) is 16.3. The predicted molar refractivity (Wildman–Crippen MR) is 271 cm³/mol. The maximum atomic E-state index is 5.18. The van der Waals surface area contributed by atoms with Crippen LogP contribution in [0.4, 0.5) is 0 Å². The Balaban J connectivity index is 0.00000118. The Morgan fingerprint density at radius 2 is 0.875 bits per heavy atom. The van der Waals surface area contributed by atoms with Crippen molar-refractivity contribution in [2.24, 2.45) is 0 Å². The lowest BCUT2D eigenvalue weighted by atomic mass is 9.78. The van der Waals surface area contributed by atoms with Crippen LogP contribution in [0.25, 0.3) is 105 Å². The van der Waals surface area contributed by atoms with Crippen molar-refractivity contribution in [3.63, 3.8) is 0 Å². The molecule has 2 heterocycles. The summed E-state index contributed by atoms with van der Waals surface area (Å²) in [5, 5.41) is 7.58. The third-order valence-corrected chi connectivity index (χ3v) is 12.6. The first-order chi connectivity index (χ1) is 31.5. The smallest absolute Gasteiger partial charge is 0.238 e. The summed E-state index contributed by atoms with van der Waals surface area (Å²) in [5.74, 6) is 1.85. The standard InChI is InChI=1S/C56H38N4.2C2H6/c1-56(2)47-34-37(32-33-45(47)51-43-26-13-11-24-40(43)41-25-12-14-27-44(41)52(51)56)38-22-9-10-23-39(38)42-29-17-31-49-50(42)46-28-15-16-30-48(46)60(49)55-58-53(35-18-5-3-6-19-35)57-54(59-55)36-20-7-4-8-21-36;2*1-2/h3-34H,1-2H3;2*1-2H3. The van der Waals surface area contributed by atoms with Crippen molar-refractivity contribution < 1.29 is 0 Å². The van der Waals surface area contributed by atoms with Crippen LogP contribution >= 0.6 is 0 Å². The van der Waals surface area contributed by atoms with E-state index in [0.717, 1.165) is 32.9 Å². The van der Waals surface area contributed by atoms with Crippen LogP contribution in [0.2, 0.25) is 0 Å². The zero-order valence-corrected chi connectivity index (χ0v) is 37.3. The monoisotopic (exact) mass is 826 g/mol. The third kappa shape index (κ3) is 6.40. The first-order valence-electron chi connectivity index (χ1n) is 22.6. The lowest BCUT2D eigenvalue weighted by Gasteiger charge is -2.24. The van der Waals surface area contributed by atoms with Gasteiger partial charge < -0.3 is 0 Å². The Morgan fingerprint density at radius 3 is 1.53 bits per heavy atom. The van der Waals surface area contributed by atoms with Crippen LogP contribution in [0.1, 0.15) is 52.7 Å². The molecule has 0 radical (unpaired) electrons. The Labute approximate surface area is 375 Å². The van der Waals surface area contributed by atoms with E-state index in [1.165, 1.54) is 66.1 Å². The van der Waals surface area contributed by atoms with E-state index in [4.69, 9.17) is 15.0 Å². The summed E-state index contributed by atoms with van der Waals surface area (Å²) in [5.41, 5.74) is 14.0. The lowest BCUT2D eigenvalue weighted by Crippen LogP contribution is -2.15. The molecule has 11 aromatic rings. The number of nitrogens with zero attached hydrogens (tertiary/aromatic N) is 4. The number of para-hydroxylation sites is 1. The van der Waals surface area contributed by atoms with E-state index < -0.39 is 0 Å². The van der Waals surface area contributed by atoms with E-state index in [9.17, 15) is 0 Å². The number of benzene rings is 9. The van der Waals surface area contributed by atoms with Crippen LogP contribution < -0.4 is 0 Å². The van der Waals surface area contributed by atoms with Gasteiger partial charge in [-0.15, -0.1) is 0 Å². The fourth-order valence-corrected chi connectivity index (χ4v) is 9.98. The zero-order chi connectivity index (χ0) is 44.0. The van der Waals surface area contributed by atoms with Gasteiger partial charge in [0.2, 0.25) is 5.95 Å². The highest BCUT2D eigenvalue weighted by molar-refractivity contribution is 6.19. The summed E-state index contributed by atoms with van der Waals surface area (Å²) in [6.45, 7) is 12.8. The molecule has 0 saturated carbocycles. The zero-order valence-electron chi connectivity index (χ0n) is 37.3. The van der Waals surface area contributed by atoms with Crippen molar-refractivity contribution in [1.29, 1.82) is 0 Å². The molecule has 0 fully saturated rings. The molecule has 0 saturated heterocycles. The fraction of sp³-hybridized carbons (Fsp3) is 0.117. The summed E-state index contributed by atoms with van der Waals surface area (Å²) in [6, 6.07) is 69.5. The molecule has 4 heteroatoms. The number of rotatable bonds is 5. The highest BCUT2D eigenvalue weighted by Crippen LogP contribution is 2.55. The van der Waals surface area contributed by atoms with Crippen molar-refractivity contribution in [2.75, 3.05) is 0 Å². The van der Waals surface area contributed by atoms with Crippen LogP contribution in [-0.4, -0.2) is 19.5 Å². The van der Waals surface area contributed by atoms with E-state index in [-0.39, 0.29) is 5.41 Å². The van der Waals surface area contributed by atoms with Crippen molar-refractivity contribution in [2.45, 2.75) is 47.0 Å². The van der Waals surface area contributed by atoms with Gasteiger partial charge in [0.25, 0.3) is 0 Å². The molecule has 0 N–H and O–H groups in total. The van der Waals surface area contributed by atoms with Crippen molar-refractivity contribution >= 4 is 43.4 Å². The van der Waals surface area contributed by atoms with Gasteiger partial charge in [-0.1, -0.05) is 217 Å². The Hall–Kier alpha value is -7.69. The van der Waals surface area contributed by atoms with E-state index in [2.05, 4.69) is 176 Å². The van der Waals surface area contributed by atoms with Gasteiger partial charge >= 0.3 is 0 Å². The topological polar surface area (TPSA) is 43.6 Å². The van der Waals surface area contributed by atoms with Gasteiger partial charge in [0.15, 0.2) is 11.6 Å². The second kappa shape index (κ2) is 16.5. The second-order valence-corrected chi connectivity index (χ2v) is 16.3. The summed E-state index contributed by atoms with van der Waals surface area (Å²) < 4.78 is 2.21. The van der Waals surface area contributed by atoms with Crippen LogP contribution in [0, 0.1) is 0 Å². The molecule has 12 rings (SSSR count). The van der Waals surface area contributed by atoms with Gasteiger partial charge in [-0.25, -0.2) is 4.98 Å². The molecule has 0 spiro atoms. The van der Waals surface area contributed by atoms with E-state index in [1.807, 2.05) is 64.1 Å². The van der Waals surface area contributed by atoms with Crippen LogP contribution in [0.5, 0.6) is 0 Å². The van der Waals surface area contributed by atoms with Crippen LogP contribution in [-0.2, 0) is 5.41 Å². The van der Waals surface area contributed by atoms with Crippen molar-refractivity contribution in [3.8, 4) is 62.1 Å². The van der Waals surface area contributed by atoms with Gasteiger partial charge in [-0.3, -0.25) is 4.57 Å². The molecule has 0 bridgehead atoms. The van der Waals surface area contributed by atoms with Gasteiger partial charge in [0.1, 0.15) is 0 Å². The summed E-state index contributed by atoms with van der Waals surface area (Å²) in [4.78, 5) is 15.4. The highest BCUT2D eigenvalue weighted by Gasteiger charge is 2.38. The van der Waals surface area contributed by atoms with Gasteiger partial charge in [0, 0.05) is 27.3 Å². The molecular formula is C60H50N4. The quantitative estimate of drug-likeness (QED) is 0.162. The Morgan fingerprint density at radius 1 is 0.375 bits per heavy atom. The number of hydrogen-bond donors (Lipinski definition) is 0. The van der Waals surface area contributed by atoms with Gasteiger partial charge in [0.05, 0.1) is 11.0 Å². The molecule has 1 aliphatic carbocycles. The molecule has 64 heavy (non-hydrogen) atoms. The summed E-state index contributed by atoms with van der Waals surface area (Å²) in [7, 11) is 0. The average molecular weight is 827 g/mol. The largest absolute Gasteiger partial charge is 0.278 e. The molecule has 9 aromatic carbocycles. The maximum Gasteiger partial charge on any atom is 0.238 e. The molecule has 1 aliphatic rings. The van der Waals surface area contributed by atoms with Crippen LogP contribution in [0.15, 0.2) is 194 Å². The molecule has 0 atom stereocenters. The first kappa shape index (κ1) is 40.4. The summed E-state index contributed by atoms with van der Waals surface area (Å²) in [6.07, 6.45) is 0. The van der Waals surface area contributed by atoms with E-state index in [0.29, 0.717) is 17.6 Å². The maximum absolute atomic E-state index is 5.18. The summed E-state index contributed by atoms with van der Waals surface area (Å²) >= 11 is 0. The minimum Gasteiger partial charge on any atom is -0.278 e. The molecule has 0 unspecified atom stereocenters. The minimum atomic E-state index is -0.200. The Kier molecular flexibility index (Phi) is 10.4. The lowest BCUT2D eigenvalue weighted by molar-refractivity contribution is 0.667. The third-order valence-electron chi connectivity index (χ3n) is 12.6. The number of aromatic nitrogens is 4. The normalized spacial score (nSPS) is 12.3. The van der Waals surface area contributed by atoms with Crippen LogP contribution in [0.3, 0.4) is 0 Å². The highest BCUT2D eigenvalue weighted by atomic mass is 15.2. The molecule has 0 aliphatic heterocycles. The predicted octanol–water partition coefficient (Wildman–Crippen LogP) is 16.3. The Bertz CT molecular complexity index is 3450. The number of fused-ring (bicyclic) bond motifs is 11. The molecule has 4 nitrogen and oxygen atoms in total. The molecule has 2 aromatic heterocycles. The van der Waals surface area contributed by atoms with Crippen molar-refractivity contribution in [3.05, 3.63) is 205 Å². The molecular weight excluding hydrogens is 777 g/mol. The minimum absolute atomic E-state index is 0.200. The van der Waals surface area contributed by atoms with Gasteiger partial charge in [-0.05, 0) is 84.3 Å². The SMILES string of the molecule is CC.CC.CC1(C)c2cc(-c3ccccc3-c3cccc4c3c3ccccc3n4-c3nc(-c4ccccc4)nc(-c4ccccc4)n3)ccc2-c2c1c1ccccc1c1ccccc21. The fourth-order valence-electron chi connectivity index (χ4n) is 9.98.